The molecule has 0 aliphatic carbocycles. The van der Waals surface area contributed by atoms with Crippen molar-refractivity contribution in [2.45, 2.75) is 25.5 Å². The van der Waals surface area contributed by atoms with Gasteiger partial charge in [0.25, 0.3) is 5.91 Å². The zero-order valence-corrected chi connectivity index (χ0v) is 15.4. The van der Waals surface area contributed by atoms with Crippen molar-refractivity contribution in [2.24, 2.45) is 5.16 Å². The average Bonchev–Trinajstić information content (AvgIpc) is 3.28. The molecule has 0 radical (unpaired) electrons. The van der Waals surface area contributed by atoms with Gasteiger partial charge in [-0.3, -0.25) is 9.48 Å². The number of methoxy groups -OCH3 is 1. The van der Waals surface area contributed by atoms with Gasteiger partial charge in [0.2, 0.25) is 6.10 Å². The van der Waals surface area contributed by atoms with Crippen molar-refractivity contribution in [3.05, 3.63) is 46.7 Å². The standard InChI is InChI=1S/C17H19BrN4O3/c1-24-14-5-3-12(4-6-14)15-9-16(25-21-15)17(23)19-7-2-8-22-11-13(18)10-20-22/h3-6,10-11,16H,2,7-9H2,1H3,(H,19,23). The van der Waals surface area contributed by atoms with E-state index in [4.69, 9.17) is 9.57 Å². The Morgan fingerprint density at radius 3 is 2.92 bits per heavy atom. The molecule has 2 heterocycles. The summed E-state index contributed by atoms with van der Waals surface area (Å²) in [6.07, 6.45) is 4.32. The molecule has 1 aliphatic heterocycles. The minimum Gasteiger partial charge on any atom is -0.497 e. The van der Waals surface area contributed by atoms with Gasteiger partial charge in [0.1, 0.15) is 5.75 Å². The average molecular weight is 407 g/mol. The maximum Gasteiger partial charge on any atom is 0.264 e. The van der Waals surface area contributed by atoms with Crippen molar-refractivity contribution in [1.29, 1.82) is 0 Å². The lowest BCUT2D eigenvalue weighted by atomic mass is 10.0. The Bertz CT molecular complexity index is 758. The Balaban J connectivity index is 1.41. The van der Waals surface area contributed by atoms with Crippen LogP contribution in [0.25, 0.3) is 0 Å². The van der Waals surface area contributed by atoms with Crippen LogP contribution in [-0.2, 0) is 16.2 Å². The summed E-state index contributed by atoms with van der Waals surface area (Å²) in [6, 6.07) is 7.53. The zero-order chi connectivity index (χ0) is 17.6. The largest absolute Gasteiger partial charge is 0.497 e. The predicted molar refractivity (Wildman–Crippen MR) is 96.6 cm³/mol. The number of benzene rings is 1. The van der Waals surface area contributed by atoms with Crippen molar-refractivity contribution < 1.29 is 14.4 Å². The summed E-state index contributed by atoms with van der Waals surface area (Å²) < 4.78 is 7.91. The highest BCUT2D eigenvalue weighted by atomic mass is 79.9. The molecule has 1 atom stereocenters. The monoisotopic (exact) mass is 406 g/mol. The van der Waals surface area contributed by atoms with E-state index >= 15 is 0 Å². The summed E-state index contributed by atoms with van der Waals surface area (Å²) in [7, 11) is 1.62. The lowest BCUT2D eigenvalue weighted by molar-refractivity contribution is -0.131. The first-order valence-corrected chi connectivity index (χ1v) is 8.78. The molecule has 132 valence electrons. The number of oxime groups is 1. The van der Waals surface area contributed by atoms with E-state index in [0.29, 0.717) is 13.0 Å². The first-order valence-electron chi connectivity index (χ1n) is 7.98. The molecule has 1 unspecified atom stereocenters. The van der Waals surface area contributed by atoms with Gasteiger partial charge in [-0.15, -0.1) is 0 Å². The highest BCUT2D eigenvalue weighted by Gasteiger charge is 2.28. The highest BCUT2D eigenvalue weighted by Crippen LogP contribution is 2.19. The molecule has 7 nitrogen and oxygen atoms in total. The van der Waals surface area contributed by atoms with Gasteiger partial charge in [-0.05, 0) is 52.2 Å². The number of nitrogens with one attached hydrogen (secondary N) is 1. The third kappa shape index (κ3) is 4.60. The maximum atomic E-state index is 12.2. The number of amides is 1. The Hall–Kier alpha value is -2.35. The summed E-state index contributed by atoms with van der Waals surface area (Å²) in [4.78, 5) is 17.5. The van der Waals surface area contributed by atoms with Gasteiger partial charge in [-0.25, -0.2) is 0 Å². The van der Waals surface area contributed by atoms with Gasteiger partial charge in [0, 0.05) is 25.7 Å². The SMILES string of the molecule is COc1ccc(C2=NOC(C(=O)NCCCn3cc(Br)cn3)C2)cc1. The van der Waals surface area contributed by atoms with Crippen molar-refractivity contribution in [3.8, 4) is 5.75 Å². The Kier molecular flexibility index (Phi) is 5.70. The van der Waals surface area contributed by atoms with Crippen LogP contribution in [0.1, 0.15) is 18.4 Å². The number of hydrogen-bond donors (Lipinski definition) is 1. The van der Waals surface area contributed by atoms with E-state index in [-0.39, 0.29) is 5.91 Å². The van der Waals surface area contributed by atoms with Crippen LogP contribution in [0, 0.1) is 0 Å². The molecule has 0 spiro atoms. The molecule has 1 aromatic carbocycles. The number of rotatable bonds is 7. The molecule has 3 rings (SSSR count). The van der Waals surface area contributed by atoms with E-state index in [9.17, 15) is 4.79 Å². The van der Waals surface area contributed by atoms with Crippen LogP contribution in [0.3, 0.4) is 0 Å². The second kappa shape index (κ2) is 8.15. The Morgan fingerprint density at radius 1 is 1.44 bits per heavy atom. The van der Waals surface area contributed by atoms with Gasteiger partial charge in [0.15, 0.2) is 0 Å². The molecule has 0 saturated carbocycles. The number of hydrogen-bond acceptors (Lipinski definition) is 5. The number of carbonyl (C=O) groups is 1. The first-order chi connectivity index (χ1) is 12.2. The van der Waals surface area contributed by atoms with Crippen LogP contribution in [0.4, 0.5) is 0 Å². The molecule has 0 saturated heterocycles. The molecule has 1 aliphatic rings. The minimum absolute atomic E-state index is 0.145. The Morgan fingerprint density at radius 2 is 2.24 bits per heavy atom. The lowest BCUT2D eigenvalue weighted by Gasteiger charge is -2.09. The van der Waals surface area contributed by atoms with Crippen LogP contribution in [-0.4, -0.2) is 41.2 Å². The number of aryl methyl sites for hydroxylation is 1. The fourth-order valence-electron chi connectivity index (χ4n) is 2.50. The highest BCUT2D eigenvalue weighted by molar-refractivity contribution is 9.10. The van der Waals surface area contributed by atoms with Crippen molar-refractivity contribution in [1.82, 2.24) is 15.1 Å². The van der Waals surface area contributed by atoms with Crippen LogP contribution in [0.15, 0.2) is 46.3 Å². The molecule has 1 aromatic heterocycles. The summed E-state index contributed by atoms with van der Waals surface area (Å²) in [6.45, 7) is 1.30. The fourth-order valence-corrected chi connectivity index (χ4v) is 2.83. The molecule has 1 N–H and O–H groups in total. The minimum atomic E-state index is -0.573. The summed E-state index contributed by atoms with van der Waals surface area (Å²) >= 11 is 3.35. The number of aromatic nitrogens is 2. The normalized spacial score (nSPS) is 16.2. The van der Waals surface area contributed by atoms with Crippen LogP contribution >= 0.6 is 15.9 Å². The quantitative estimate of drug-likeness (QED) is 0.715. The second-order valence-electron chi connectivity index (χ2n) is 5.63. The molecular formula is C17H19BrN4O3. The maximum absolute atomic E-state index is 12.2. The second-order valence-corrected chi connectivity index (χ2v) is 6.55. The molecule has 0 bridgehead atoms. The number of ether oxygens (including phenoxy) is 1. The predicted octanol–water partition coefficient (Wildman–Crippen LogP) is 2.35. The van der Waals surface area contributed by atoms with E-state index in [0.717, 1.165) is 34.5 Å². The van der Waals surface area contributed by atoms with Crippen molar-refractivity contribution in [2.75, 3.05) is 13.7 Å². The van der Waals surface area contributed by atoms with E-state index in [2.05, 4.69) is 31.5 Å². The lowest BCUT2D eigenvalue weighted by Crippen LogP contribution is -2.35. The van der Waals surface area contributed by atoms with Crippen molar-refractivity contribution >= 4 is 27.5 Å². The van der Waals surface area contributed by atoms with E-state index in [1.807, 2.05) is 35.1 Å². The summed E-state index contributed by atoms with van der Waals surface area (Å²) in [5.74, 6) is 0.635. The third-order valence-corrected chi connectivity index (χ3v) is 4.26. The number of nitrogens with zero attached hydrogens (tertiary/aromatic N) is 3. The third-order valence-electron chi connectivity index (χ3n) is 3.85. The van der Waals surface area contributed by atoms with Crippen LogP contribution in [0.5, 0.6) is 5.75 Å². The molecular weight excluding hydrogens is 388 g/mol. The fraction of sp³-hybridized carbons (Fsp3) is 0.353. The number of carbonyl (C=O) groups excluding carboxylic acids is 1. The topological polar surface area (TPSA) is 77.7 Å². The smallest absolute Gasteiger partial charge is 0.264 e. The summed E-state index contributed by atoms with van der Waals surface area (Å²) in [5, 5.41) is 11.1. The van der Waals surface area contributed by atoms with Gasteiger partial charge in [-0.2, -0.15) is 5.10 Å². The zero-order valence-electron chi connectivity index (χ0n) is 13.8. The first kappa shape index (κ1) is 17.5. The van der Waals surface area contributed by atoms with Gasteiger partial charge in [-0.1, -0.05) is 5.16 Å². The number of halogens is 1. The molecule has 2 aromatic rings. The van der Waals surface area contributed by atoms with E-state index in [1.165, 1.54) is 0 Å². The van der Waals surface area contributed by atoms with Gasteiger partial charge >= 0.3 is 0 Å². The van der Waals surface area contributed by atoms with Crippen LogP contribution < -0.4 is 10.1 Å². The molecule has 25 heavy (non-hydrogen) atoms. The van der Waals surface area contributed by atoms with Gasteiger partial charge in [0.05, 0.1) is 23.5 Å². The van der Waals surface area contributed by atoms with E-state index < -0.39 is 6.10 Å². The van der Waals surface area contributed by atoms with Gasteiger partial charge < -0.3 is 14.9 Å². The van der Waals surface area contributed by atoms with Crippen LogP contribution in [0.2, 0.25) is 0 Å². The Labute approximate surface area is 154 Å². The molecule has 8 heteroatoms. The van der Waals surface area contributed by atoms with Crippen molar-refractivity contribution in [3.63, 3.8) is 0 Å². The summed E-state index contributed by atoms with van der Waals surface area (Å²) in [5.41, 5.74) is 1.70. The van der Waals surface area contributed by atoms with E-state index in [1.54, 1.807) is 13.3 Å². The molecule has 0 fully saturated rings. The molecule has 1 amide bonds.